The fourth-order valence-electron chi connectivity index (χ4n) is 3.60. The number of hydrazine groups is 1. The number of amides is 4. The minimum absolute atomic E-state index is 0.0456. The van der Waals surface area contributed by atoms with Crippen LogP contribution >= 0.6 is 0 Å². The third-order valence-electron chi connectivity index (χ3n) is 4.90. The van der Waals surface area contributed by atoms with E-state index in [2.05, 4.69) is 5.43 Å². The first-order valence-electron chi connectivity index (χ1n) is 8.40. The highest BCUT2D eigenvalue weighted by Gasteiger charge is 2.42. The smallest absolute Gasteiger partial charge is 0.331 e. The number of urea groups is 1. The lowest BCUT2D eigenvalue weighted by atomic mass is 10.0. The second kappa shape index (κ2) is 6.30. The SMILES string of the molecule is NC(=O)N1NCC(=O)N2CC(=O)N(Cc3cccc4ccccc34)CC21. The van der Waals surface area contributed by atoms with Gasteiger partial charge < -0.3 is 15.5 Å². The van der Waals surface area contributed by atoms with Crippen LogP contribution in [0.1, 0.15) is 5.56 Å². The van der Waals surface area contributed by atoms with Crippen LogP contribution in [0.2, 0.25) is 0 Å². The molecular weight excluding hydrogens is 334 g/mol. The van der Waals surface area contributed by atoms with E-state index in [1.165, 1.54) is 9.91 Å². The second-order valence-electron chi connectivity index (χ2n) is 6.46. The van der Waals surface area contributed by atoms with E-state index < -0.39 is 12.2 Å². The molecule has 2 fully saturated rings. The quantitative estimate of drug-likeness (QED) is 0.808. The number of hydrogen-bond donors (Lipinski definition) is 2. The summed E-state index contributed by atoms with van der Waals surface area (Å²) in [6, 6.07) is 13.3. The predicted molar refractivity (Wildman–Crippen MR) is 94.3 cm³/mol. The summed E-state index contributed by atoms with van der Waals surface area (Å²) in [5.74, 6) is -0.362. The van der Waals surface area contributed by atoms with Crippen molar-refractivity contribution in [3.8, 4) is 0 Å². The highest BCUT2D eigenvalue weighted by Crippen LogP contribution is 2.23. The van der Waals surface area contributed by atoms with Gasteiger partial charge in [-0.3, -0.25) is 9.59 Å². The number of benzene rings is 2. The van der Waals surface area contributed by atoms with Gasteiger partial charge >= 0.3 is 6.03 Å². The van der Waals surface area contributed by atoms with E-state index in [9.17, 15) is 14.4 Å². The lowest BCUT2D eigenvalue weighted by Gasteiger charge is -2.48. The molecule has 2 aromatic carbocycles. The Kier molecular flexibility index (Phi) is 3.96. The van der Waals surface area contributed by atoms with Crippen LogP contribution in [-0.4, -0.2) is 58.5 Å². The highest BCUT2D eigenvalue weighted by molar-refractivity contribution is 5.90. The van der Waals surface area contributed by atoms with Gasteiger partial charge in [-0.1, -0.05) is 42.5 Å². The van der Waals surface area contributed by atoms with Gasteiger partial charge in [0.25, 0.3) is 0 Å². The summed E-state index contributed by atoms with van der Waals surface area (Å²) < 4.78 is 0. The Labute approximate surface area is 150 Å². The molecule has 0 radical (unpaired) electrons. The zero-order valence-corrected chi connectivity index (χ0v) is 14.1. The lowest BCUT2D eigenvalue weighted by molar-refractivity contribution is -0.161. The molecule has 0 bridgehead atoms. The number of piperazine rings is 1. The van der Waals surface area contributed by atoms with Crippen LogP contribution in [0.25, 0.3) is 10.8 Å². The Balaban J connectivity index is 1.62. The Hall–Kier alpha value is -3.13. The maximum absolute atomic E-state index is 12.6. The summed E-state index contributed by atoms with van der Waals surface area (Å²) in [6.45, 7) is 0.519. The summed E-state index contributed by atoms with van der Waals surface area (Å²) in [5.41, 5.74) is 9.15. The van der Waals surface area contributed by atoms with Gasteiger partial charge in [0.1, 0.15) is 12.7 Å². The van der Waals surface area contributed by atoms with Crippen molar-refractivity contribution in [2.24, 2.45) is 5.73 Å². The number of fused-ring (bicyclic) bond motifs is 2. The number of nitrogens with zero attached hydrogens (tertiary/aromatic N) is 3. The van der Waals surface area contributed by atoms with E-state index in [1.807, 2.05) is 42.5 Å². The summed E-state index contributed by atoms with van der Waals surface area (Å²) in [6.07, 6.45) is -0.596. The van der Waals surface area contributed by atoms with Gasteiger partial charge in [0.2, 0.25) is 11.8 Å². The Morgan fingerprint density at radius 3 is 2.69 bits per heavy atom. The minimum Gasteiger partial charge on any atom is -0.350 e. The van der Waals surface area contributed by atoms with Crippen molar-refractivity contribution in [3.05, 3.63) is 48.0 Å². The minimum atomic E-state index is -0.674. The molecule has 2 saturated heterocycles. The topological polar surface area (TPSA) is 99.0 Å². The fourth-order valence-corrected chi connectivity index (χ4v) is 3.60. The van der Waals surface area contributed by atoms with Crippen LogP contribution in [0, 0.1) is 0 Å². The van der Waals surface area contributed by atoms with Crippen molar-refractivity contribution < 1.29 is 14.4 Å². The largest absolute Gasteiger partial charge is 0.350 e. The van der Waals surface area contributed by atoms with Crippen LogP contribution in [0.5, 0.6) is 0 Å². The fraction of sp³-hybridized carbons (Fsp3) is 0.278. The van der Waals surface area contributed by atoms with Gasteiger partial charge in [-0.2, -0.15) is 0 Å². The molecule has 26 heavy (non-hydrogen) atoms. The average molecular weight is 353 g/mol. The van der Waals surface area contributed by atoms with Crippen molar-refractivity contribution in [1.29, 1.82) is 0 Å². The summed E-state index contributed by atoms with van der Waals surface area (Å²) >= 11 is 0. The van der Waals surface area contributed by atoms with E-state index in [0.717, 1.165) is 16.3 Å². The number of carbonyl (C=O) groups is 3. The number of rotatable bonds is 2. The first kappa shape index (κ1) is 16.3. The van der Waals surface area contributed by atoms with Crippen molar-refractivity contribution in [3.63, 3.8) is 0 Å². The van der Waals surface area contributed by atoms with Crippen molar-refractivity contribution in [1.82, 2.24) is 20.2 Å². The zero-order chi connectivity index (χ0) is 18.3. The van der Waals surface area contributed by atoms with Crippen molar-refractivity contribution in [2.75, 3.05) is 19.6 Å². The molecule has 2 aliphatic rings. The molecule has 1 unspecified atom stereocenters. The van der Waals surface area contributed by atoms with Gasteiger partial charge in [-0.05, 0) is 16.3 Å². The molecule has 1 atom stereocenters. The van der Waals surface area contributed by atoms with Crippen molar-refractivity contribution >= 4 is 28.6 Å². The van der Waals surface area contributed by atoms with Crippen LogP contribution in [0.4, 0.5) is 4.79 Å². The number of nitrogens with two attached hydrogens (primary N) is 1. The lowest BCUT2D eigenvalue weighted by Crippen LogP contribution is -2.72. The van der Waals surface area contributed by atoms with Crippen LogP contribution < -0.4 is 11.2 Å². The molecule has 2 aromatic rings. The second-order valence-corrected chi connectivity index (χ2v) is 6.46. The Bertz CT molecular complexity index is 894. The standard InChI is InChI=1S/C18H19N5O3/c19-18(26)23-15-10-21(17(25)11-22(15)16(24)8-20-23)9-13-6-3-5-12-4-1-2-7-14(12)13/h1-7,15,20H,8-11H2,(H2,19,26). The highest BCUT2D eigenvalue weighted by atomic mass is 16.2. The molecule has 2 aliphatic heterocycles. The van der Waals surface area contributed by atoms with E-state index in [-0.39, 0.29) is 31.4 Å². The zero-order valence-electron chi connectivity index (χ0n) is 14.1. The van der Waals surface area contributed by atoms with Gasteiger partial charge in [-0.25, -0.2) is 15.2 Å². The maximum Gasteiger partial charge on any atom is 0.331 e. The molecule has 0 aromatic heterocycles. The summed E-state index contributed by atoms with van der Waals surface area (Å²) in [5, 5.41) is 3.41. The summed E-state index contributed by atoms with van der Waals surface area (Å²) in [7, 11) is 0. The van der Waals surface area contributed by atoms with Gasteiger partial charge in [-0.15, -0.1) is 0 Å². The molecule has 8 nitrogen and oxygen atoms in total. The van der Waals surface area contributed by atoms with Crippen LogP contribution in [0.3, 0.4) is 0 Å². The third-order valence-corrected chi connectivity index (χ3v) is 4.90. The average Bonchev–Trinajstić information content (AvgIpc) is 2.63. The summed E-state index contributed by atoms with van der Waals surface area (Å²) in [4.78, 5) is 39.4. The number of primary amides is 1. The number of hydrogen-bond acceptors (Lipinski definition) is 4. The third kappa shape index (κ3) is 2.74. The number of nitrogens with one attached hydrogen (secondary N) is 1. The van der Waals surface area contributed by atoms with Gasteiger partial charge in [0.05, 0.1) is 13.1 Å². The van der Waals surface area contributed by atoms with E-state index in [1.54, 1.807) is 4.90 Å². The van der Waals surface area contributed by atoms with E-state index in [4.69, 9.17) is 5.73 Å². The molecule has 0 spiro atoms. The van der Waals surface area contributed by atoms with Crippen LogP contribution in [-0.2, 0) is 16.1 Å². The Morgan fingerprint density at radius 2 is 1.88 bits per heavy atom. The monoisotopic (exact) mass is 353 g/mol. The molecule has 4 rings (SSSR count). The van der Waals surface area contributed by atoms with E-state index >= 15 is 0 Å². The number of carbonyl (C=O) groups excluding carboxylic acids is 3. The maximum atomic E-state index is 12.6. The molecule has 8 heteroatoms. The van der Waals surface area contributed by atoms with Crippen molar-refractivity contribution in [2.45, 2.75) is 12.7 Å². The molecular formula is C18H19N5O3. The molecule has 4 amide bonds. The molecule has 134 valence electrons. The van der Waals surface area contributed by atoms with Gasteiger partial charge in [0.15, 0.2) is 0 Å². The van der Waals surface area contributed by atoms with E-state index in [0.29, 0.717) is 6.54 Å². The molecule has 3 N–H and O–H groups in total. The van der Waals surface area contributed by atoms with Gasteiger partial charge in [0, 0.05) is 6.54 Å². The van der Waals surface area contributed by atoms with Crippen LogP contribution in [0.15, 0.2) is 42.5 Å². The first-order valence-corrected chi connectivity index (χ1v) is 8.40. The normalized spacial score (nSPS) is 20.5. The molecule has 0 saturated carbocycles. The Morgan fingerprint density at radius 1 is 1.12 bits per heavy atom. The molecule has 0 aliphatic carbocycles. The molecule has 2 heterocycles. The predicted octanol–water partition coefficient (Wildman–Crippen LogP) is 0.236. The first-order chi connectivity index (χ1) is 12.5.